The minimum atomic E-state index is -0.554. The molecule has 3 aromatic rings. The molecular formula is C22H23N5O3. The quantitative estimate of drug-likeness (QED) is 0.618. The number of likely N-dealkylation sites (tertiary alicyclic amines) is 1. The number of ether oxygens (including phenoxy) is 1. The van der Waals surface area contributed by atoms with Gasteiger partial charge in [0, 0.05) is 30.9 Å². The van der Waals surface area contributed by atoms with Crippen LogP contribution in [0.25, 0.3) is 5.78 Å². The molecule has 1 unspecified atom stereocenters. The van der Waals surface area contributed by atoms with Crippen LogP contribution in [0.15, 0.2) is 30.3 Å². The van der Waals surface area contributed by atoms with Gasteiger partial charge in [-0.25, -0.2) is 9.50 Å². The predicted octanol–water partition coefficient (Wildman–Crippen LogP) is 2.77. The van der Waals surface area contributed by atoms with E-state index in [1.165, 1.54) is 0 Å². The number of aryl methyl sites for hydroxylation is 2. The molecular weight excluding hydrogens is 382 g/mol. The lowest BCUT2D eigenvalue weighted by Gasteiger charge is -2.37. The molecule has 8 heteroatoms. The summed E-state index contributed by atoms with van der Waals surface area (Å²) in [5.41, 5.74) is 1.81. The number of nitrogens with zero attached hydrogens (tertiary/aromatic N) is 5. The molecule has 0 N–H and O–H groups in total. The number of rotatable bonds is 1. The molecule has 2 aliphatic rings. The van der Waals surface area contributed by atoms with Crippen molar-refractivity contribution in [2.75, 3.05) is 13.1 Å². The van der Waals surface area contributed by atoms with Crippen molar-refractivity contribution in [2.24, 2.45) is 0 Å². The molecule has 1 spiro atoms. The molecule has 2 aromatic heterocycles. The lowest BCUT2D eigenvalue weighted by atomic mass is 9.84. The zero-order chi connectivity index (χ0) is 20.9. The maximum atomic E-state index is 13.1. The van der Waals surface area contributed by atoms with E-state index >= 15 is 0 Å². The first-order valence-electron chi connectivity index (χ1n) is 10.3. The fourth-order valence-corrected chi connectivity index (χ4v) is 4.49. The van der Waals surface area contributed by atoms with Crippen molar-refractivity contribution >= 4 is 17.5 Å². The van der Waals surface area contributed by atoms with E-state index in [1.807, 2.05) is 44.2 Å². The third-order valence-electron chi connectivity index (χ3n) is 5.99. The first kappa shape index (κ1) is 18.7. The topological polar surface area (TPSA) is 89.7 Å². The fraction of sp³-hybridized carbons (Fsp3) is 0.409. The Labute approximate surface area is 173 Å². The second-order valence-corrected chi connectivity index (χ2v) is 8.21. The number of hydrogen-bond acceptors (Lipinski definition) is 6. The van der Waals surface area contributed by atoms with Gasteiger partial charge in [0.25, 0.3) is 11.7 Å². The molecule has 0 saturated carbocycles. The molecule has 1 fully saturated rings. The van der Waals surface area contributed by atoms with Gasteiger partial charge >= 0.3 is 0 Å². The van der Waals surface area contributed by atoms with Gasteiger partial charge in [0.2, 0.25) is 5.82 Å². The lowest BCUT2D eigenvalue weighted by molar-refractivity contribution is 0.0299. The van der Waals surface area contributed by atoms with Crippen LogP contribution in [0.3, 0.4) is 0 Å². The van der Waals surface area contributed by atoms with Gasteiger partial charge < -0.3 is 9.64 Å². The Kier molecular flexibility index (Phi) is 4.30. The monoisotopic (exact) mass is 405 g/mol. The molecule has 4 heterocycles. The number of Topliss-reactive ketones (excluding diaryl/α,β-unsaturated/α-hetero) is 1. The Morgan fingerprint density at radius 2 is 1.97 bits per heavy atom. The molecule has 1 aromatic carbocycles. The van der Waals surface area contributed by atoms with E-state index in [-0.39, 0.29) is 17.5 Å². The molecule has 5 rings (SSSR count). The number of para-hydroxylation sites is 1. The van der Waals surface area contributed by atoms with E-state index in [0.717, 1.165) is 24.2 Å². The smallest absolute Gasteiger partial charge is 0.293 e. The van der Waals surface area contributed by atoms with Crippen molar-refractivity contribution in [1.82, 2.24) is 24.5 Å². The zero-order valence-electron chi connectivity index (χ0n) is 17.1. The van der Waals surface area contributed by atoms with Gasteiger partial charge in [0.15, 0.2) is 5.78 Å². The third kappa shape index (κ3) is 3.12. The zero-order valence-corrected chi connectivity index (χ0v) is 17.1. The number of fused-ring (bicyclic) bond motifs is 2. The van der Waals surface area contributed by atoms with Crippen LogP contribution < -0.4 is 4.74 Å². The van der Waals surface area contributed by atoms with E-state index in [0.29, 0.717) is 43.0 Å². The van der Waals surface area contributed by atoms with Gasteiger partial charge in [-0.05, 0) is 44.9 Å². The number of benzene rings is 1. The largest absolute Gasteiger partial charge is 0.486 e. The van der Waals surface area contributed by atoms with Crippen LogP contribution in [0.5, 0.6) is 5.75 Å². The highest BCUT2D eigenvalue weighted by molar-refractivity contribution is 6.00. The molecule has 154 valence electrons. The normalized spacial score (nSPS) is 21.4. The van der Waals surface area contributed by atoms with Crippen LogP contribution in [0.1, 0.15) is 58.0 Å². The van der Waals surface area contributed by atoms with Crippen LogP contribution >= 0.6 is 0 Å². The fourth-order valence-electron chi connectivity index (χ4n) is 4.49. The van der Waals surface area contributed by atoms with E-state index in [9.17, 15) is 9.59 Å². The summed E-state index contributed by atoms with van der Waals surface area (Å²) in [6.45, 7) is 4.88. The molecule has 1 amide bonds. The van der Waals surface area contributed by atoms with Crippen molar-refractivity contribution in [3.05, 3.63) is 53.1 Å². The summed E-state index contributed by atoms with van der Waals surface area (Å²) in [6.07, 6.45) is 2.43. The number of aromatic nitrogens is 4. The Balaban J connectivity index is 1.37. The van der Waals surface area contributed by atoms with Crippen molar-refractivity contribution in [3.8, 4) is 5.75 Å². The standard InChI is InChI=1S/C22H23N5O3/c1-14-12-15(2)27-21(23-14)24-19(25-27)20(29)26-10-5-8-22(9-11-26)13-17(28)16-6-3-4-7-18(16)30-22/h3-4,6-7,12H,5,8-11,13H2,1-2H3. The van der Waals surface area contributed by atoms with Gasteiger partial charge in [0.1, 0.15) is 11.4 Å². The summed E-state index contributed by atoms with van der Waals surface area (Å²) < 4.78 is 7.91. The number of hydrogen-bond donors (Lipinski definition) is 0. The van der Waals surface area contributed by atoms with Crippen molar-refractivity contribution in [1.29, 1.82) is 0 Å². The minimum absolute atomic E-state index is 0.107. The molecule has 1 atom stereocenters. The highest BCUT2D eigenvalue weighted by atomic mass is 16.5. The Bertz CT molecular complexity index is 1170. The molecule has 30 heavy (non-hydrogen) atoms. The second kappa shape index (κ2) is 6.90. The third-order valence-corrected chi connectivity index (χ3v) is 5.99. The van der Waals surface area contributed by atoms with Crippen LogP contribution in [-0.2, 0) is 0 Å². The van der Waals surface area contributed by atoms with E-state index in [1.54, 1.807) is 9.42 Å². The van der Waals surface area contributed by atoms with Gasteiger partial charge in [-0.2, -0.15) is 4.98 Å². The number of carbonyl (C=O) groups excluding carboxylic acids is 2. The van der Waals surface area contributed by atoms with Crippen LogP contribution in [0, 0.1) is 13.8 Å². The molecule has 0 bridgehead atoms. The maximum Gasteiger partial charge on any atom is 0.293 e. The average Bonchev–Trinajstić information content (AvgIpc) is 3.04. The van der Waals surface area contributed by atoms with Crippen molar-refractivity contribution in [2.45, 2.75) is 45.1 Å². The van der Waals surface area contributed by atoms with Gasteiger partial charge in [0.05, 0.1) is 12.0 Å². The van der Waals surface area contributed by atoms with Crippen molar-refractivity contribution in [3.63, 3.8) is 0 Å². The van der Waals surface area contributed by atoms with Crippen LogP contribution in [0.4, 0.5) is 0 Å². The summed E-state index contributed by atoms with van der Waals surface area (Å²) in [4.78, 5) is 36.3. The predicted molar refractivity (Wildman–Crippen MR) is 109 cm³/mol. The Hall–Kier alpha value is -3.29. The molecule has 0 radical (unpaired) electrons. The number of carbonyl (C=O) groups is 2. The summed E-state index contributed by atoms with van der Waals surface area (Å²) in [6, 6.07) is 9.29. The van der Waals surface area contributed by atoms with Crippen LogP contribution in [0.2, 0.25) is 0 Å². The molecule has 8 nitrogen and oxygen atoms in total. The highest BCUT2D eigenvalue weighted by Crippen LogP contribution is 2.39. The van der Waals surface area contributed by atoms with Gasteiger partial charge in [-0.15, -0.1) is 5.10 Å². The Morgan fingerprint density at radius 1 is 1.13 bits per heavy atom. The minimum Gasteiger partial charge on any atom is -0.486 e. The molecule has 0 aliphatic carbocycles. The average molecular weight is 405 g/mol. The van der Waals surface area contributed by atoms with E-state index < -0.39 is 5.60 Å². The van der Waals surface area contributed by atoms with Crippen LogP contribution in [-0.4, -0.2) is 54.9 Å². The summed E-state index contributed by atoms with van der Waals surface area (Å²) >= 11 is 0. The first-order valence-corrected chi connectivity index (χ1v) is 10.3. The first-order chi connectivity index (χ1) is 14.4. The van der Waals surface area contributed by atoms with Gasteiger partial charge in [-0.1, -0.05) is 12.1 Å². The number of ketones is 1. The van der Waals surface area contributed by atoms with Crippen molar-refractivity contribution < 1.29 is 14.3 Å². The summed E-state index contributed by atoms with van der Waals surface area (Å²) in [5.74, 6) is 1.12. The summed E-state index contributed by atoms with van der Waals surface area (Å²) in [7, 11) is 0. The molecule has 2 aliphatic heterocycles. The summed E-state index contributed by atoms with van der Waals surface area (Å²) in [5, 5.41) is 4.37. The van der Waals surface area contributed by atoms with E-state index in [2.05, 4.69) is 15.1 Å². The molecule has 1 saturated heterocycles. The maximum absolute atomic E-state index is 13.1. The van der Waals surface area contributed by atoms with Gasteiger partial charge in [-0.3, -0.25) is 9.59 Å². The highest BCUT2D eigenvalue weighted by Gasteiger charge is 2.42. The lowest BCUT2D eigenvalue weighted by Crippen LogP contribution is -2.43. The Morgan fingerprint density at radius 3 is 2.83 bits per heavy atom. The van der Waals surface area contributed by atoms with E-state index in [4.69, 9.17) is 4.74 Å². The SMILES string of the molecule is Cc1cc(C)n2nc(C(=O)N3CCCC4(CC3)CC(=O)c3ccccc3O4)nc2n1. The second-order valence-electron chi connectivity index (χ2n) is 8.21. The number of amides is 1.